The van der Waals surface area contributed by atoms with Crippen LogP contribution >= 0.6 is 46.6 Å². The Kier molecular flexibility index (Phi) is 6.20. The van der Waals surface area contributed by atoms with Crippen LogP contribution in [0.1, 0.15) is 12.7 Å². The Hall–Kier alpha value is -2.25. The first kappa shape index (κ1) is 21.0. The minimum absolute atomic E-state index is 0.153. The minimum Gasteiger partial charge on any atom is -0.457 e. The molecule has 4 rings (SSSR count). The van der Waals surface area contributed by atoms with Gasteiger partial charge >= 0.3 is 0 Å². The molecule has 152 valence electrons. The second kappa shape index (κ2) is 8.86. The van der Waals surface area contributed by atoms with Crippen LogP contribution in [0.5, 0.6) is 0 Å². The van der Waals surface area contributed by atoms with Crippen LogP contribution in [0.2, 0.25) is 15.1 Å². The highest BCUT2D eigenvalue weighted by molar-refractivity contribution is 8.18. The van der Waals surface area contributed by atoms with E-state index in [1.807, 2.05) is 6.92 Å². The van der Waals surface area contributed by atoms with Gasteiger partial charge in [-0.3, -0.25) is 14.7 Å². The molecule has 1 aliphatic heterocycles. The number of amides is 1. The Morgan fingerprint density at radius 3 is 2.60 bits per heavy atom. The third kappa shape index (κ3) is 4.14. The van der Waals surface area contributed by atoms with E-state index in [0.717, 1.165) is 0 Å². The molecule has 0 atom stereocenters. The summed E-state index contributed by atoms with van der Waals surface area (Å²) in [6.45, 7) is 2.36. The van der Waals surface area contributed by atoms with Gasteiger partial charge in [-0.25, -0.2) is 4.99 Å². The first-order chi connectivity index (χ1) is 14.5. The molecule has 0 spiro atoms. The number of benzene rings is 1. The average molecular weight is 479 g/mol. The van der Waals surface area contributed by atoms with Gasteiger partial charge in [-0.05, 0) is 49.0 Å². The normalized spacial score (nSPS) is 16.8. The van der Waals surface area contributed by atoms with Gasteiger partial charge in [0, 0.05) is 25.0 Å². The van der Waals surface area contributed by atoms with Crippen molar-refractivity contribution in [1.29, 1.82) is 0 Å². The summed E-state index contributed by atoms with van der Waals surface area (Å²) in [4.78, 5) is 23.4. The molecule has 1 saturated heterocycles. The van der Waals surface area contributed by atoms with Crippen LogP contribution in [-0.4, -0.2) is 27.5 Å². The number of nitrogens with zero attached hydrogens (tertiary/aromatic N) is 3. The zero-order chi connectivity index (χ0) is 21.3. The molecule has 3 heterocycles. The molecule has 3 aromatic rings. The number of hydrogen-bond acceptors (Lipinski definition) is 5. The van der Waals surface area contributed by atoms with E-state index in [-0.39, 0.29) is 5.91 Å². The van der Waals surface area contributed by atoms with Crippen LogP contribution in [0.3, 0.4) is 0 Å². The van der Waals surface area contributed by atoms with Gasteiger partial charge in [0.1, 0.15) is 11.5 Å². The maximum Gasteiger partial charge on any atom is 0.266 e. The number of likely N-dealkylation sites (N-methyl/N-ethyl adjacent to an activating group) is 1. The van der Waals surface area contributed by atoms with E-state index in [4.69, 9.17) is 39.2 Å². The van der Waals surface area contributed by atoms with Crippen LogP contribution < -0.4 is 0 Å². The standard InChI is InChI=1S/C21H14Cl3N3O2S/c1-2-27-20(28)18(30-21(27)26-16-8-9-25-11-15(16)24)10-12-6-7-17(29-12)19-13(22)4-3-5-14(19)23/h3-11H,2H2,1H3/b18-10+,26-21?. The number of halogens is 3. The molecule has 5 nitrogen and oxygen atoms in total. The fourth-order valence-corrected chi connectivity index (χ4v) is 4.64. The molecule has 1 amide bonds. The molecule has 1 fully saturated rings. The maximum absolute atomic E-state index is 12.8. The molecule has 1 aliphatic rings. The number of aliphatic imine (C=N–C) groups is 1. The summed E-state index contributed by atoms with van der Waals surface area (Å²) < 4.78 is 5.88. The predicted octanol–water partition coefficient (Wildman–Crippen LogP) is 6.93. The lowest BCUT2D eigenvalue weighted by atomic mass is 10.2. The molecular weight excluding hydrogens is 465 g/mol. The van der Waals surface area contributed by atoms with E-state index in [9.17, 15) is 4.79 Å². The summed E-state index contributed by atoms with van der Waals surface area (Å²) in [6, 6.07) is 10.5. The minimum atomic E-state index is -0.153. The first-order valence-electron chi connectivity index (χ1n) is 8.91. The lowest BCUT2D eigenvalue weighted by Gasteiger charge is -2.12. The second-order valence-electron chi connectivity index (χ2n) is 6.18. The largest absolute Gasteiger partial charge is 0.457 e. The first-order valence-corrected chi connectivity index (χ1v) is 10.9. The summed E-state index contributed by atoms with van der Waals surface area (Å²) in [6.07, 6.45) is 4.80. The number of hydrogen-bond donors (Lipinski definition) is 0. The number of pyridine rings is 1. The van der Waals surface area contributed by atoms with Crippen molar-refractivity contribution in [2.75, 3.05) is 6.54 Å². The number of furan rings is 1. The van der Waals surface area contributed by atoms with E-state index < -0.39 is 0 Å². The van der Waals surface area contributed by atoms with Crippen molar-refractivity contribution in [3.05, 3.63) is 74.5 Å². The highest BCUT2D eigenvalue weighted by Crippen LogP contribution is 2.38. The van der Waals surface area contributed by atoms with E-state index in [2.05, 4.69) is 9.98 Å². The summed E-state index contributed by atoms with van der Waals surface area (Å²) >= 11 is 19.9. The van der Waals surface area contributed by atoms with Crippen molar-refractivity contribution in [2.45, 2.75) is 6.92 Å². The molecule has 0 N–H and O–H groups in total. The van der Waals surface area contributed by atoms with Crippen LogP contribution in [0.25, 0.3) is 17.4 Å². The number of carbonyl (C=O) groups is 1. The van der Waals surface area contributed by atoms with Crippen molar-refractivity contribution < 1.29 is 9.21 Å². The third-order valence-corrected chi connectivity index (χ3v) is 6.21. The summed E-state index contributed by atoms with van der Waals surface area (Å²) in [5.74, 6) is 0.883. The monoisotopic (exact) mass is 477 g/mol. The molecule has 0 unspecified atom stereocenters. The zero-order valence-corrected chi connectivity index (χ0v) is 18.7. The predicted molar refractivity (Wildman–Crippen MR) is 123 cm³/mol. The van der Waals surface area contributed by atoms with Crippen molar-refractivity contribution in [3.63, 3.8) is 0 Å². The maximum atomic E-state index is 12.8. The Morgan fingerprint density at radius 1 is 1.13 bits per heavy atom. The molecular formula is C21H14Cl3N3O2S. The van der Waals surface area contributed by atoms with E-state index in [1.54, 1.807) is 53.6 Å². The summed E-state index contributed by atoms with van der Waals surface area (Å²) in [5, 5.41) is 1.94. The Bertz CT molecular complexity index is 1170. The van der Waals surface area contributed by atoms with Gasteiger partial charge in [0.15, 0.2) is 5.17 Å². The van der Waals surface area contributed by atoms with Gasteiger partial charge in [-0.2, -0.15) is 0 Å². The number of aromatic nitrogens is 1. The van der Waals surface area contributed by atoms with Crippen molar-refractivity contribution in [1.82, 2.24) is 9.88 Å². The van der Waals surface area contributed by atoms with Gasteiger partial charge in [0.25, 0.3) is 5.91 Å². The highest BCUT2D eigenvalue weighted by Gasteiger charge is 2.32. The fraction of sp³-hybridized carbons (Fsp3) is 0.0952. The van der Waals surface area contributed by atoms with Gasteiger partial charge < -0.3 is 4.42 Å². The summed E-state index contributed by atoms with van der Waals surface area (Å²) in [5.41, 5.74) is 1.16. The number of thioether (sulfide) groups is 1. The van der Waals surface area contributed by atoms with Gasteiger partial charge in [0.05, 0.1) is 31.2 Å². The Labute approximate surface area is 192 Å². The molecule has 9 heteroatoms. The molecule has 0 bridgehead atoms. The molecule has 0 saturated carbocycles. The van der Waals surface area contributed by atoms with Gasteiger partial charge in [0.2, 0.25) is 0 Å². The Morgan fingerprint density at radius 2 is 1.90 bits per heavy atom. The average Bonchev–Trinajstić information content (AvgIpc) is 3.28. The highest BCUT2D eigenvalue weighted by atomic mass is 35.5. The van der Waals surface area contributed by atoms with Gasteiger partial charge in [-0.15, -0.1) is 0 Å². The van der Waals surface area contributed by atoms with Crippen molar-refractivity contribution in [3.8, 4) is 11.3 Å². The molecule has 0 radical (unpaired) electrons. The molecule has 0 aliphatic carbocycles. The van der Waals surface area contributed by atoms with E-state index >= 15 is 0 Å². The lowest BCUT2D eigenvalue weighted by Crippen LogP contribution is -2.28. The van der Waals surface area contributed by atoms with E-state index in [1.165, 1.54) is 18.0 Å². The quantitative estimate of drug-likeness (QED) is 0.382. The zero-order valence-electron chi connectivity index (χ0n) is 15.6. The van der Waals surface area contributed by atoms with Crippen LogP contribution in [0.15, 0.2) is 63.1 Å². The van der Waals surface area contributed by atoms with Crippen LogP contribution in [0.4, 0.5) is 5.69 Å². The smallest absolute Gasteiger partial charge is 0.266 e. The second-order valence-corrected chi connectivity index (χ2v) is 8.41. The SMILES string of the molecule is CCN1C(=O)/C(=C\c2ccc(-c3c(Cl)cccc3Cl)o2)SC1=Nc1ccncc1Cl. The topological polar surface area (TPSA) is 58.7 Å². The molecule has 1 aromatic carbocycles. The number of amidine groups is 1. The van der Waals surface area contributed by atoms with E-state index in [0.29, 0.717) is 54.5 Å². The fourth-order valence-electron chi connectivity index (χ4n) is 2.86. The number of carbonyl (C=O) groups excluding carboxylic acids is 1. The van der Waals surface area contributed by atoms with Crippen LogP contribution in [-0.2, 0) is 4.79 Å². The van der Waals surface area contributed by atoms with Crippen molar-refractivity contribution in [2.24, 2.45) is 4.99 Å². The Balaban J connectivity index is 1.66. The third-order valence-electron chi connectivity index (χ3n) is 4.28. The number of rotatable bonds is 4. The van der Waals surface area contributed by atoms with Crippen molar-refractivity contribution >= 4 is 69.4 Å². The lowest BCUT2D eigenvalue weighted by molar-refractivity contribution is -0.122. The van der Waals surface area contributed by atoms with Gasteiger partial charge in [-0.1, -0.05) is 40.9 Å². The molecule has 2 aromatic heterocycles. The molecule has 30 heavy (non-hydrogen) atoms. The van der Waals surface area contributed by atoms with Crippen LogP contribution in [0, 0.1) is 0 Å². The summed E-state index contributed by atoms with van der Waals surface area (Å²) in [7, 11) is 0.